The van der Waals surface area contributed by atoms with E-state index in [9.17, 15) is 14.4 Å². The number of hydrogen-bond donors (Lipinski definition) is 4. The third-order valence-corrected chi connectivity index (χ3v) is 5.93. The van der Waals surface area contributed by atoms with E-state index >= 15 is 0 Å². The van der Waals surface area contributed by atoms with Crippen LogP contribution in [0.15, 0.2) is 72.8 Å². The number of aryl methyl sites for hydroxylation is 1. The number of ketones is 1. The summed E-state index contributed by atoms with van der Waals surface area (Å²) in [6.07, 6.45) is 1.84. The van der Waals surface area contributed by atoms with E-state index in [1.54, 1.807) is 36.4 Å². The van der Waals surface area contributed by atoms with Gasteiger partial charge in [0.15, 0.2) is 5.78 Å². The van der Waals surface area contributed by atoms with Gasteiger partial charge in [0.25, 0.3) is 5.91 Å². The van der Waals surface area contributed by atoms with Gasteiger partial charge in [0.2, 0.25) is 5.91 Å². The molecule has 8 heteroatoms. The first-order valence-corrected chi connectivity index (χ1v) is 12.2. The largest absolute Gasteiger partial charge is 0.388 e. The number of nitrogens with one attached hydrogen (secondary N) is 2. The Bertz CT molecular complexity index is 1300. The van der Waals surface area contributed by atoms with Crippen molar-refractivity contribution in [1.82, 2.24) is 5.32 Å². The van der Waals surface area contributed by atoms with E-state index in [1.807, 2.05) is 36.4 Å². The number of nitrogens with two attached hydrogens (primary N) is 1. The summed E-state index contributed by atoms with van der Waals surface area (Å²) in [6.45, 7) is -0.782. The molecule has 7 nitrogen and oxygen atoms in total. The van der Waals surface area contributed by atoms with Crippen LogP contribution in [0.3, 0.4) is 0 Å². The van der Waals surface area contributed by atoms with Gasteiger partial charge in [-0.3, -0.25) is 14.4 Å². The molecule has 0 aliphatic rings. The van der Waals surface area contributed by atoms with Crippen molar-refractivity contribution in [2.75, 3.05) is 18.5 Å². The molecule has 3 rings (SSSR count). The molecule has 0 aliphatic carbocycles. The topological polar surface area (TPSA) is 122 Å². The van der Waals surface area contributed by atoms with E-state index in [0.717, 1.165) is 17.5 Å². The molecule has 0 saturated heterocycles. The van der Waals surface area contributed by atoms with Gasteiger partial charge in [-0.05, 0) is 73.0 Å². The zero-order valence-electron chi connectivity index (χ0n) is 20.2. The van der Waals surface area contributed by atoms with Crippen LogP contribution in [-0.4, -0.2) is 41.9 Å². The number of hydrogen-bond acceptors (Lipinski definition) is 5. The maximum atomic E-state index is 12.3. The molecule has 0 radical (unpaired) electrons. The minimum Gasteiger partial charge on any atom is -0.388 e. The number of aliphatic hydroxyl groups excluding tert-OH is 1. The van der Waals surface area contributed by atoms with Crippen molar-refractivity contribution in [3.63, 3.8) is 0 Å². The molecule has 1 atom stereocenters. The molecule has 3 aromatic rings. The highest BCUT2D eigenvalue weighted by molar-refractivity contribution is 6.31. The van der Waals surface area contributed by atoms with E-state index in [0.29, 0.717) is 34.7 Å². The van der Waals surface area contributed by atoms with Crippen LogP contribution in [0.5, 0.6) is 0 Å². The summed E-state index contributed by atoms with van der Waals surface area (Å²) in [4.78, 5) is 36.1. The van der Waals surface area contributed by atoms with Gasteiger partial charge in [0.1, 0.15) is 12.6 Å². The molecule has 190 valence electrons. The highest BCUT2D eigenvalue weighted by Crippen LogP contribution is 2.17. The maximum absolute atomic E-state index is 12.3. The number of aliphatic hydroxyl groups is 1. The molecule has 0 aliphatic heterocycles. The number of anilines is 1. The first kappa shape index (κ1) is 27.6. The third kappa shape index (κ3) is 8.58. The predicted octanol–water partition coefficient (Wildman–Crippen LogP) is 3.32. The molecule has 0 saturated carbocycles. The Kier molecular flexibility index (Phi) is 10.4. The minimum atomic E-state index is -0.932. The fourth-order valence-corrected chi connectivity index (χ4v) is 3.70. The second-order valence-electron chi connectivity index (χ2n) is 8.28. The van der Waals surface area contributed by atoms with E-state index in [2.05, 4.69) is 22.5 Å². The summed E-state index contributed by atoms with van der Waals surface area (Å²) in [7, 11) is 0. The molecule has 0 bridgehead atoms. The van der Waals surface area contributed by atoms with Gasteiger partial charge < -0.3 is 21.5 Å². The lowest BCUT2D eigenvalue weighted by molar-refractivity contribution is -0.123. The molecule has 5 N–H and O–H groups in total. The predicted molar refractivity (Wildman–Crippen MR) is 144 cm³/mol. The average molecular weight is 518 g/mol. The van der Waals surface area contributed by atoms with Gasteiger partial charge in [-0.2, -0.15) is 0 Å². The Balaban J connectivity index is 1.50. The second kappa shape index (κ2) is 14.0. The summed E-state index contributed by atoms with van der Waals surface area (Å²) >= 11 is 6.16. The number of halogens is 1. The lowest BCUT2D eigenvalue weighted by atomic mass is 10.1. The van der Waals surface area contributed by atoms with Crippen molar-refractivity contribution < 1.29 is 19.5 Å². The van der Waals surface area contributed by atoms with Crippen LogP contribution >= 0.6 is 11.6 Å². The van der Waals surface area contributed by atoms with Crippen molar-refractivity contribution in [2.24, 2.45) is 5.73 Å². The Morgan fingerprint density at radius 3 is 2.14 bits per heavy atom. The Labute approximate surface area is 221 Å². The van der Waals surface area contributed by atoms with Crippen LogP contribution in [0, 0.1) is 11.8 Å². The zero-order chi connectivity index (χ0) is 26.6. The maximum Gasteiger partial charge on any atom is 0.251 e. The summed E-state index contributed by atoms with van der Waals surface area (Å²) in [6, 6.07) is 20.5. The van der Waals surface area contributed by atoms with Gasteiger partial charge in [0, 0.05) is 40.4 Å². The number of carbonyl (C=O) groups excluding carboxylic acids is 3. The van der Waals surface area contributed by atoms with Crippen LogP contribution in [0.25, 0.3) is 0 Å². The molecule has 0 spiro atoms. The van der Waals surface area contributed by atoms with Gasteiger partial charge in [-0.25, -0.2) is 0 Å². The monoisotopic (exact) mass is 517 g/mol. The van der Waals surface area contributed by atoms with Crippen LogP contribution < -0.4 is 16.4 Å². The smallest absolute Gasteiger partial charge is 0.251 e. The highest BCUT2D eigenvalue weighted by atomic mass is 35.5. The SMILES string of the molecule is NC[C@H](NC(=O)c1ccc(C#Cc2ccc(NC(=O)CCCc3ccccc3Cl)cc2)cc1)C(=O)CO. The number of rotatable bonds is 10. The lowest BCUT2D eigenvalue weighted by Crippen LogP contribution is -2.46. The van der Waals surface area contributed by atoms with E-state index < -0.39 is 24.3 Å². The molecule has 0 unspecified atom stereocenters. The highest BCUT2D eigenvalue weighted by Gasteiger charge is 2.18. The third-order valence-electron chi connectivity index (χ3n) is 5.56. The first-order chi connectivity index (χ1) is 17.9. The first-order valence-electron chi connectivity index (χ1n) is 11.8. The van der Waals surface area contributed by atoms with E-state index in [4.69, 9.17) is 22.4 Å². The van der Waals surface area contributed by atoms with Gasteiger partial charge in [-0.1, -0.05) is 41.6 Å². The summed E-state index contributed by atoms with van der Waals surface area (Å²) in [5, 5.41) is 15.1. The molecule has 37 heavy (non-hydrogen) atoms. The van der Waals surface area contributed by atoms with Crippen LogP contribution in [-0.2, 0) is 16.0 Å². The molecular weight excluding hydrogens is 490 g/mol. The van der Waals surface area contributed by atoms with Crippen molar-refractivity contribution >= 4 is 34.9 Å². The minimum absolute atomic E-state index is 0.0616. The van der Waals surface area contributed by atoms with Gasteiger partial charge >= 0.3 is 0 Å². The standard InChI is InChI=1S/C29H28ClN3O4/c30-25-6-2-1-4-22(25)5-3-7-28(36)32-24-16-12-21(13-17-24)9-8-20-10-14-23(15-11-20)29(37)33-26(18-31)27(35)19-34/h1-2,4,6,10-17,26,34H,3,5,7,18-19,31H2,(H,32,36)(H,33,37)/t26-/m0/s1. The fraction of sp³-hybridized carbons (Fsp3) is 0.207. The number of Topliss-reactive ketones (excluding diaryl/α,β-unsaturated/α-hetero) is 1. The summed E-state index contributed by atoms with van der Waals surface area (Å²) in [5.41, 5.74) is 9.03. The Hall–Kier alpha value is -3.96. The van der Waals surface area contributed by atoms with Crippen LogP contribution in [0.1, 0.15) is 39.9 Å². The summed E-state index contributed by atoms with van der Waals surface area (Å²) < 4.78 is 0. The van der Waals surface area contributed by atoms with Crippen molar-refractivity contribution in [2.45, 2.75) is 25.3 Å². The number of amides is 2. The lowest BCUT2D eigenvalue weighted by Gasteiger charge is -2.14. The molecular formula is C29H28ClN3O4. The summed E-state index contributed by atoms with van der Waals surface area (Å²) in [5.74, 6) is 5.01. The van der Waals surface area contributed by atoms with Gasteiger partial charge in [0.05, 0.1) is 0 Å². The van der Waals surface area contributed by atoms with Crippen molar-refractivity contribution in [3.05, 3.63) is 100 Å². The fourth-order valence-electron chi connectivity index (χ4n) is 3.47. The molecule has 2 amide bonds. The van der Waals surface area contributed by atoms with Gasteiger partial charge in [-0.15, -0.1) is 0 Å². The molecule has 3 aromatic carbocycles. The Morgan fingerprint density at radius 1 is 0.919 bits per heavy atom. The zero-order valence-corrected chi connectivity index (χ0v) is 20.9. The number of benzene rings is 3. The number of carbonyl (C=O) groups is 3. The molecule has 0 aromatic heterocycles. The quantitative estimate of drug-likeness (QED) is 0.307. The van der Waals surface area contributed by atoms with Crippen LogP contribution in [0.4, 0.5) is 5.69 Å². The van der Waals surface area contributed by atoms with E-state index in [-0.39, 0.29) is 12.5 Å². The molecule has 0 heterocycles. The normalized spacial score (nSPS) is 11.1. The van der Waals surface area contributed by atoms with Crippen molar-refractivity contribution in [3.8, 4) is 11.8 Å². The second-order valence-corrected chi connectivity index (χ2v) is 8.69. The Morgan fingerprint density at radius 2 is 1.54 bits per heavy atom. The van der Waals surface area contributed by atoms with E-state index in [1.165, 1.54) is 0 Å². The van der Waals surface area contributed by atoms with Crippen LogP contribution in [0.2, 0.25) is 5.02 Å². The van der Waals surface area contributed by atoms with Crippen molar-refractivity contribution in [1.29, 1.82) is 0 Å². The average Bonchev–Trinajstić information content (AvgIpc) is 2.92. The molecule has 0 fully saturated rings.